The number of halogens is 1. The van der Waals surface area contributed by atoms with E-state index >= 15 is 0 Å². The quantitative estimate of drug-likeness (QED) is 0.893. The minimum Gasteiger partial charge on any atom is -0.478 e. The molecule has 5 heteroatoms. The summed E-state index contributed by atoms with van der Waals surface area (Å²) in [5.74, 6) is -1.06. The van der Waals surface area contributed by atoms with Gasteiger partial charge in [-0.1, -0.05) is 17.7 Å². The molecular weight excluding hydrogens is 254 g/mol. The number of carboxylic acid groups (broad SMARTS) is 1. The van der Waals surface area contributed by atoms with Gasteiger partial charge in [-0.2, -0.15) is 0 Å². The molecule has 1 heterocycles. The molecule has 4 nitrogen and oxygen atoms in total. The van der Waals surface area contributed by atoms with Crippen LogP contribution in [0, 0.1) is 0 Å². The van der Waals surface area contributed by atoms with E-state index in [0.29, 0.717) is 5.56 Å². The van der Waals surface area contributed by atoms with Gasteiger partial charge in [-0.05, 0) is 29.3 Å². The number of rotatable bonds is 3. The molecule has 0 unspecified atom stereocenters. The van der Waals surface area contributed by atoms with Crippen LogP contribution in [0.5, 0.6) is 0 Å². The van der Waals surface area contributed by atoms with Crippen LogP contribution >= 0.6 is 11.6 Å². The molecule has 18 heavy (non-hydrogen) atoms. The molecule has 0 fully saturated rings. The average molecular weight is 264 g/mol. The highest BCUT2D eigenvalue weighted by Gasteiger charge is 2.10. The normalized spacial score (nSPS) is 10.3. The number of aromatic nitrogens is 1. The second kappa shape index (κ2) is 5.16. The second-order valence-electron chi connectivity index (χ2n) is 3.74. The summed E-state index contributed by atoms with van der Waals surface area (Å²) in [6.07, 6.45) is 3.20. The summed E-state index contributed by atoms with van der Waals surface area (Å²) in [5, 5.41) is 18.1. The van der Waals surface area contributed by atoms with Crippen LogP contribution in [0.1, 0.15) is 15.9 Å². The first-order chi connectivity index (χ1) is 8.61. The third kappa shape index (κ3) is 2.50. The number of benzene rings is 1. The Morgan fingerprint density at radius 3 is 2.61 bits per heavy atom. The molecule has 0 aliphatic carbocycles. The van der Waals surface area contributed by atoms with Crippen LogP contribution in [0.25, 0.3) is 11.1 Å². The van der Waals surface area contributed by atoms with Crippen molar-refractivity contribution in [2.45, 2.75) is 6.61 Å². The smallest absolute Gasteiger partial charge is 0.337 e. The maximum atomic E-state index is 10.8. The zero-order valence-electron chi connectivity index (χ0n) is 9.30. The van der Waals surface area contributed by atoms with Crippen LogP contribution in [0.15, 0.2) is 36.7 Å². The van der Waals surface area contributed by atoms with E-state index in [0.717, 1.165) is 11.1 Å². The average Bonchev–Trinajstić information content (AvgIpc) is 2.38. The number of nitrogens with zero attached hydrogens (tertiary/aromatic N) is 1. The number of hydrogen-bond donors (Lipinski definition) is 2. The van der Waals surface area contributed by atoms with Crippen molar-refractivity contribution in [1.82, 2.24) is 4.98 Å². The van der Waals surface area contributed by atoms with Gasteiger partial charge in [0, 0.05) is 18.0 Å². The van der Waals surface area contributed by atoms with Gasteiger partial charge in [0.1, 0.15) is 0 Å². The summed E-state index contributed by atoms with van der Waals surface area (Å²) >= 11 is 5.90. The van der Waals surface area contributed by atoms with Crippen LogP contribution in [-0.2, 0) is 6.61 Å². The van der Waals surface area contributed by atoms with E-state index in [1.165, 1.54) is 6.07 Å². The fourth-order valence-corrected chi connectivity index (χ4v) is 1.86. The van der Waals surface area contributed by atoms with Crippen LogP contribution < -0.4 is 0 Å². The Bertz CT molecular complexity index is 599. The first kappa shape index (κ1) is 12.5. The molecule has 92 valence electrons. The molecule has 0 amide bonds. The molecular formula is C13H10ClNO3. The lowest BCUT2D eigenvalue weighted by molar-refractivity contribution is 0.0697. The Hall–Kier alpha value is -1.91. The molecule has 0 saturated heterocycles. The molecule has 0 radical (unpaired) electrons. The van der Waals surface area contributed by atoms with E-state index in [4.69, 9.17) is 21.8 Å². The van der Waals surface area contributed by atoms with Crippen LogP contribution in [0.4, 0.5) is 0 Å². The molecule has 0 aliphatic heterocycles. The maximum Gasteiger partial charge on any atom is 0.337 e. The van der Waals surface area contributed by atoms with E-state index in [1.807, 2.05) is 0 Å². The lowest BCUT2D eigenvalue weighted by atomic mass is 10.0. The molecule has 0 saturated carbocycles. The van der Waals surface area contributed by atoms with Gasteiger partial charge in [0.25, 0.3) is 0 Å². The lowest BCUT2D eigenvalue weighted by Gasteiger charge is -2.05. The van der Waals surface area contributed by atoms with Crippen molar-refractivity contribution in [1.29, 1.82) is 0 Å². The minimum absolute atomic E-state index is 0.0617. The first-order valence-corrected chi connectivity index (χ1v) is 5.57. The van der Waals surface area contributed by atoms with Crippen molar-refractivity contribution in [2.75, 3.05) is 0 Å². The molecule has 0 atom stereocenters. The van der Waals surface area contributed by atoms with Crippen molar-refractivity contribution in [3.63, 3.8) is 0 Å². The highest BCUT2D eigenvalue weighted by molar-refractivity contribution is 6.33. The first-order valence-electron chi connectivity index (χ1n) is 5.20. The van der Waals surface area contributed by atoms with Crippen molar-refractivity contribution in [2.24, 2.45) is 0 Å². The number of aliphatic hydroxyl groups excluding tert-OH is 1. The summed E-state index contributed by atoms with van der Waals surface area (Å²) in [5.41, 5.74) is 2.28. The second-order valence-corrected chi connectivity index (χ2v) is 4.15. The number of carbonyl (C=O) groups is 1. The third-order valence-electron chi connectivity index (χ3n) is 2.51. The van der Waals surface area contributed by atoms with Gasteiger partial charge in [-0.3, -0.25) is 4.98 Å². The maximum absolute atomic E-state index is 10.8. The van der Waals surface area contributed by atoms with Gasteiger partial charge in [-0.25, -0.2) is 4.79 Å². The van der Waals surface area contributed by atoms with E-state index < -0.39 is 5.97 Å². The van der Waals surface area contributed by atoms with Gasteiger partial charge in [0.15, 0.2) is 0 Å². The van der Waals surface area contributed by atoms with E-state index in [9.17, 15) is 4.79 Å². The zero-order chi connectivity index (χ0) is 13.1. The Kier molecular flexibility index (Phi) is 3.60. The Morgan fingerprint density at radius 1 is 1.22 bits per heavy atom. The molecule has 2 rings (SSSR count). The summed E-state index contributed by atoms with van der Waals surface area (Å²) in [6.45, 7) is -0.0955. The van der Waals surface area contributed by atoms with Gasteiger partial charge in [0.05, 0.1) is 17.2 Å². The van der Waals surface area contributed by atoms with E-state index in [1.54, 1.807) is 30.6 Å². The fourth-order valence-electron chi connectivity index (χ4n) is 1.60. The predicted molar refractivity (Wildman–Crippen MR) is 67.6 cm³/mol. The standard InChI is InChI=1S/C13H10ClNO3/c14-12-4-9(1-2-11(12)13(17)18)10-3-8(7-16)5-15-6-10/h1-6,16H,7H2,(H,17,18). The van der Waals surface area contributed by atoms with E-state index in [-0.39, 0.29) is 17.2 Å². The Morgan fingerprint density at radius 2 is 2.00 bits per heavy atom. The number of aromatic carboxylic acids is 1. The highest BCUT2D eigenvalue weighted by Crippen LogP contribution is 2.25. The van der Waals surface area contributed by atoms with Crippen LogP contribution in [-0.4, -0.2) is 21.2 Å². The van der Waals surface area contributed by atoms with Crippen LogP contribution in [0.3, 0.4) is 0 Å². The topological polar surface area (TPSA) is 70.4 Å². The van der Waals surface area contributed by atoms with Gasteiger partial charge >= 0.3 is 5.97 Å². The van der Waals surface area contributed by atoms with Gasteiger partial charge < -0.3 is 10.2 Å². The van der Waals surface area contributed by atoms with Gasteiger partial charge in [-0.15, -0.1) is 0 Å². The molecule has 0 aliphatic rings. The largest absolute Gasteiger partial charge is 0.478 e. The minimum atomic E-state index is -1.06. The van der Waals surface area contributed by atoms with Crippen molar-refractivity contribution in [3.8, 4) is 11.1 Å². The molecule has 2 aromatic rings. The zero-order valence-corrected chi connectivity index (χ0v) is 10.1. The molecule has 1 aromatic carbocycles. The Balaban J connectivity index is 2.45. The summed E-state index contributed by atoms with van der Waals surface area (Å²) < 4.78 is 0. The number of aliphatic hydroxyl groups is 1. The molecule has 1 aromatic heterocycles. The molecule has 0 bridgehead atoms. The third-order valence-corrected chi connectivity index (χ3v) is 2.82. The van der Waals surface area contributed by atoms with Crippen molar-refractivity contribution >= 4 is 17.6 Å². The molecule has 2 N–H and O–H groups in total. The lowest BCUT2D eigenvalue weighted by Crippen LogP contribution is -1.97. The van der Waals surface area contributed by atoms with Gasteiger partial charge in [0.2, 0.25) is 0 Å². The number of carboxylic acids is 1. The highest BCUT2D eigenvalue weighted by atomic mass is 35.5. The van der Waals surface area contributed by atoms with Crippen molar-refractivity contribution < 1.29 is 15.0 Å². The van der Waals surface area contributed by atoms with Crippen molar-refractivity contribution in [3.05, 3.63) is 52.8 Å². The molecule has 0 spiro atoms. The number of hydrogen-bond acceptors (Lipinski definition) is 3. The van der Waals surface area contributed by atoms with Crippen LogP contribution in [0.2, 0.25) is 5.02 Å². The van der Waals surface area contributed by atoms with E-state index in [2.05, 4.69) is 4.98 Å². The summed E-state index contributed by atoms with van der Waals surface area (Å²) in [4.78, 5) is 14.8. The fraction of sp³-hybridized carbons (Fsp3) is 0.0769. The Labute approximate surface area is 108 Å². The summed E-state index contributed by atoms with van der Waals surface area (Å²) in [6, 6.07) is 6.46. The summed E-state index contributed by atoms with van der Waals surface area (Å²) in [7, 11) is 0. The monoisotopic (exact) mass is 263 g/mol. The predicted octanol–water partition coefficient (Wildman–Crippen LogP) is 2.59. The number of pyridine rings is 1. The SMILES string of the molecule is O=C(O)c1ccc(-c2cncc(CO)c2)cc1Cl.